The Labute approximate surface area is 206 Å². The quantitative estimate of drug-likeness (QED) is 0.397. The number of allylic oxidation sites excluding steroid dienone is 2. The van der Waals surface area contributed by atoms with Crippen LogP contribution in [0.3, 0.4) is 0 Å². The SMILES string of the molecule is CC1(C)CC[C@]2(C(=O)O)[C@H](O)C[C@@]3(C)C(=CC[C@@H]4[C@@]5(C)CC[C@H](O)C(C)(C)[C@@H]5CC[C@]43C)[C@@H]2C1. The lowest BCUT2D eigenvalue weighted by Gasteiger charge is -2.71. The van der Waals surface area contributed by atoms with E-state index in [1.807, 2.05) is 0 Å². The van der Waals surface area contributed by atoms with Crippen molar-refractivity contribution in [2.75, 3.05) is 0 Å². The Morgan fingerprint density at radius 1 is 0.853 bits per heavy atom. The van der Waals surface area contributed by atoms with Gasteiger partial charge in [0.25, 0.3) is 0 Å². The van der Waals surface area contributed by atoms with Crippen molar-refractivity contribution in [1.29, 1.82) is 0 Å². The molecule has 0 aromatic carbocycles. The first-order valence-corrected chi connectivity index (χ1v) is 13.9. The van der Waals surface area contributed by atoms with E-state index in [4.69, 9.17) is 0 Å². The van der Waals surface area contributed by atoms with Crippen LogP contribution in [0.5, 0.6) is 0 Å². The molecule has 4 saturated carbocycles. The number of fused-ring (bicyclic) bond motifs is 7. The summed E-state index contributed by atoms with van der Waals surface area (Å²) in [4.78, 5) is 12.8. The van der Waals surface area contributed by atoms with Crippen molar-refractivity contribution < 1.29 is 20.1 Å². The topological polar surface area (TPSA) is 77.8 Å². The van der Waals surface area contributed by atoms with E-state index in [0.717, 1.165) is 44.9 Å². The molecule has 0 aromatic heterocycles. The third kappa shape index (κ3) is 2.82. The number of rotatable bonds is 1. The van der Waals surface area contributed by atoms with E-state index in [1.54, 1.807) is 0 Å². The Morgan fingerprint density at radius 2 is 1.53 bits per heavy atom. The van der Waals surface area contributed by atoms with Gasteiger partial charge >= 0.3 is 5.97 Å². The van der Waals surface area contributed by atoms with Gasteiger partial charge in [-0.2, -0.15) is 0 Å². The Balaban J connectivity index is 1.63. The third-order valence-corrected chi connectivity index (χ3v) is 13.1. The summed E-state index contributed by atoms with van der Waals surface area (Å²) >= 11 is 0. The van der Waals surface area contributed by atoms with Crippen molar-refractivity contribution >= 4 is 5.97 Å². The average molecular weight is 473 g/mol. The summed E-state index contributed by atoms with van der Waals surface area (Å²) < 4.78 is 0. The molecule has 4 nitrogen and oxygen atoms in total. The molecule has 0 saturated heterocycles. The molecule has 0 spiro atoms. The maximum atomic E-state index is 12.8. The maximum absolute atomic E-state index is 12.8. The Kier molecular flexibility index (Phi) is 5.20. The molecular weight excluding hydrogens is 424 g/mol. The van der Waals surface area contributed by atoms with Gasteiger partial charge in [-0.15, -0.1) is 0 Å². The molecule has 0 bridgehead atoms. The molecule has 9 atom stereocenters. The summed E-state index contributed by atoms with van der Waals surface area (Å²) in [6.07, 6.45) is 9.35. The van der Waals surface area contributed by atoms with Crippen LogP contribution in [0.4, 0.5) is 0 Å². The smallest absolute Gasteiger partial charge is 0.312 e. The normalized spacial score (nSPS) is 53.4. The van der Waals surface area contributed by atoms with Crippen molar-refractivity contribution in [1.82, 2.24) is 0 Å². The molecule has 0 amide bonds. The lowest BCUT2D eigenvalue weighted by Crippen LogP contribution is -2.67. The van der Waals surface area contributed by atoms with Gasteiger partial charge < -0.3 is 15.3 Å². The molecule has 0 radical (unpaired) electrons. The lowest BCUT2D eigenvalue weighted by atomic mass is 9.33. The van der Waals surface area contributed by atoms with E-state index in [2.05, 4.69) is 54.5 Å². The number of carbonyl (C=O) groups is 1. The Hall–Kier alpha value is -0.870. The van der Waals surface area contributed by atoms with Crippen molar-refractivity contribution in [3.05, 3.63) is 11.6 Å². The molecule has 4 heteroatoms. The first-order chi connectivity index (χ1) is 15.6. The number of carboxylic acids is 1. The molecule has 3 N–H and O–H groups in total. The van der Waals surface area contributed by atoms with Crippen LogP contribution >= 0.6 is 0 Å². The Morgan fingerprint density at radius 3 is 2.18 bits per heavy atom. The molecular formula is C30H48O4. The average Bonchev–Trinajstić information content (AvgIpc) is 2.71. The zero-order valence-electron chi connectivity index (χ0n) is 22.6. The molecule has 0 aromatic rings. The molecule has 0 aliphatic heterocycles. The molecule has 5 aliphatic carbocycles. The van der Waals surface area contributed by atoms with Crippen LogP contribution in [0, 0.1) is 50.2 Å². The fourth-order valence-electron chi connectivity index (χ4n) is 10.7. The van der Waals surface area contributed by atoms with Crippen molar-refractivity contribution in [2.24, 2.45) is 50.2 Å². The van der Waals surface area contributed by atoms with Gasteiger partial charge in [-0.1, -0.05) is 60.1 Å². The molecule has 0 unspecified atom stereocenters. The highest BCUT2D eigenvalue weighted by atomic mass is 16.4. The fraction of sp³-hybridized carbons (Fsp3) is 0.900. The summed E-state index contributed by atoms with van der Waals surface area (Å²) in [7, 11) is 0. The number of aliphatic carboxylic acids is 1. The van der Waals surface area contributed by atoms with E-state index >= 15 is 0 Å². The van der Waals surface area contributed by atoms with E-state index in [1.165, 1.54) is 5.57 Å². The molecule has 192 valence electrons. The van der Waals surface area contributed by atoms with Crippen LogP contribution in [0.1, 0.15) is 106 Å². The van der Waals surface area contributed by atoms with Gasteiger partial charge in [0, 0.05) is 0 Å². The molecule has 34 heavy (non-hydrogen) atoms. The summed E-state index contributed by atoms with van der Waals surface area (Å²) in [6.45, 7) is 16.4. The van der Waals surface area contributed by atoms with E-state index < -0.39 is 17.5 Å². The van der Waals surface area contributed by atoms with Crippen LogP contribution in [-0.2, 0) is 4.79 Å². The summed E-state index contributed by atoms with van der Waals surface area (Å²) in [5.74, 6) is 0.0888. The van der Waals surface area contributed by atoms with Crippen LogP contribution in [0.25, 0.3) is 0 Å². The summed E-state index contributed by atoms with van der Waals surface area (Å²) in [6, 6.07) is 0. The minimum atomic E-state index is -1.04. The van der Waals surface area contributed by atoms with Gasteiger partial charge in [-0.05, 0) is 103 Å². The third-order valence-electron chi connectivity index (χ3n) is 13.1. The standard InChI is InChI=1S/C30H48O4/c1-25(2)14-15-30(24(33)34)19(16-25)18-8-9-21-27(5)12-11-22(31)26(3,4)20(27)10-13-28(21,6)29(18,7)17-23(30)32/h8,19-23,31-32H,9-17H2,1-7H3,(H,33,34)/t19-,20-,21+,22-,23+,27-,28+,29-,30+/m0/s1. The highest BCUT2D eigenvalue weighted by Crippen LogP contribution is 2.75. The predicted molar refractivity (Wildman–Crippen MR) is 134 cm³/mol. The Bertz CT molecular complexity index is 919. The van der Waals surface area contributed by atoms with Crippen molar-refractivity contribution in [3.63, 3.8) is 0 Å². The van der Waals surface area contributed by atoms with Crippen LogP contribution in [0.2, 0.25) is 0 Å². The number of aliphatic hydroxyl groups excluding tert-OH is 2. The minimum absolute atomic E-state index is 0.0218. The number of carboxylic acid groups (broad SMARTS) is 1. The summed E-state index contributed by atoms with van der Waals surface area (Å²) in [5, 5.41) is 33.1. The minimum Gasteiger partial charge on any atom is -0.481 e. The second kappa shape index (κ2) is 7.12. The van der Waals surface area contributed by atoms with E-state index in [-0.39, 0.29) is 39.1 Å². The van der Waals surface area contributed by atoms with Crippen LogP contribution in [0.15, 0.2) is 11.6 Å². The lowest BCUT2D eigenvalue weighted by molar-refractivity contribution is -0.218. The molecule has 5 aliphatic rings. The van der Waals surface area contributed by atoms with Gasteiger partial charge in [0.05, 0.1) is 12.2 Å². The zero-order valence-corrected chi connectivity index (χ0v) is 22.6. The van der Waals surface area contributed by atoms with Gasteiger partial charge in [0.1, 0.15) is 5.41 Å². The first kappa shape index (κ1) is 24.8. The van der Waals surface area contributed by atoms with Gasteiger partial charge in [-0.3, -0.25) is 4.79 Å². The van der Waals surface area contributed by atoms with Gasteiger partial charge in [-0.25, -0.2) is 0 Å². The largest absolute Gasteiger partial charge is 0.481 e. The maximum Gasteiger partial charge on any atom is 0.312 e. The monoisotopic (exact) mass is 472 g/mol. The number of aliphatic hydroxyl groups is 2. The molecule has 5 rings (SSSR count). The van der Waals surface area contributed by atoms with Gasteiger partial charge in [0.15, 0.2) is 0 Å². The first-order valence-electron chi connectivity index (χ1n) is 13.9. The number of hydrogen-bond donors (Lipinski definition) is 3. The highest BCUT2D eigenvalue weighted by Gasteiger charge is 2.71. The zero-order chi connectivity index (χ0) is 25.1. The second-order valence-electron chi connectivity index (χ2n) is 15.2. The van der Waals surface area contributed by atoms with Gasteiger partial charge in [0.2, 0.25) is 0 Å². The van der Waals surface area contributed by atoms with Crippen molar-refractivity contribution in [3.8, 4) is 0 Å². The van der Waals surface area contributed by atoms with E-state index in [0.29, 0.717) is 24.7 Å². The highest BCUT2D eigenvalue weighted by molar-refractivity contribution is 5.77. The van der Waals surface area contributed by atoms with Crippen molar-refractivity contribution in [2.45, 2.75) is 118 Å². The summed E-state index contributed by atoms with van der Waals surface area (Å²) in [5.41, 5.74) is 0.295. The number of hydrogen-bond acceptors (Lipinski definition) is 3. The van der Waals surface area contributed by atoms with Crippen LogP contribution < -0.4 is 0 Å². The van der Waals surface area contributed by atoms with E-state index in [9.17, 15) is 20.1 Å². The van der Waals surface area contributed by atoms with Crippen LogP contribution in [-0.4, -0.2) is 33.5 Å². The second-order valence-corrected chi connectivity index (χ2v) is 15.2. The molecule has 4 fully saturated rings. The fourth-order valence-corrected chi connectivity index (χ4v) is 10.7. The predicted octanol–water partition coefficient (Wildman–Crippen LogP) is 6.20. The molecule has 0 heterocycles.